The van der Waals surface area contributed by atoms with Gasteiger partial charge in [-0.25, -0.2) is 14.4 Å². The third-order valence-electron chi connectivity index (χ3n) is 4.50. The summed E-state index contributed by atoms with van der Waals surface area (Å²) < 4.78 is 16.2. The van der Waals surface area contributed by atoms with Gasteiger partial charge >= 0.3 is 17.9 Å². The van der Waals surface area contributed by atoms with Crippen molar-refractivity contribution in [1.29, 1.82) is 0 Å². The van der Waals surface area contributed by atoms with Gasteiger partial charge in [0.05, 0.1) is 11.1 Å². The second kappa shape index (κ2) is 8.18. The Kier molecular flexibility index (Phi) is 5.28. The summed E-state index contributed by atoms with van der Waals surface area (Å²) in [5.41, 5.74) is 6.98. The van der Waals surface area contributed by atoms with Crippen molar-refractivity contribution in [2.24, 2.45) is 5.73 Å². The highest BCUT2D eigenvalue weighted by molar-refractivity contribution is 5.93. The molecule has 0 bridgehead atoms. The van der Waals surface area contributed by atoms with Crippen molar-refractivity contribution in [1.82, 2.24) is 0 Å². The minimum absolute atomic E-state index is 0.0250. The molecule has 0 amide bonds. The maximum absolute atomic E-state index is 12.5. The summed E-state index contributed by atoms with van der Waals surface area (Å²) in [7, 11) is 0. The zero-order chi connectivity index (χ0) is 21.1. The average molecular weight is 403 g/mol. The molecule has 30 heavy (non-hydrogen) atoms. The predicted octanol–water partition coefficient (Wildman–Crippen LogP) is 2.91. The van der Waals surface area contributed by atoms with E-state index in [-0.39, 0.29) is 23.7 Å². The Labute approximate surface area is 172 Å². The third kappa shape index (κ3) is 4.06. The first-order valence-electron chi connectivity index (χ1n) is 9.20. The van der Waals surface area contributed by atoms with Gasteiger partial charge in [-0.3, -0.25) is 0 Å². The van der Waals surface area contributed by atoms with E-state index >= 15 is 0 Å². The first-order chi connectivity index (χ1) is 14.5. The van der Waals surface area contributed by atoms with Crippen molar-refractivity contribution >= 4 is 17.9 Å². The lowest BCUT2D eigenvalue weighted by molar-refractivity contribution is -0.136. The van der Waals surface area contributed by atoms with E-state index in [2.05, 4.69) is 0 Å². The highest BCUT2D eigenvalue weighted by Crippen LogP contribution is 2.38. The highest BCUT2D eigenvalue weighted by atomic mass is 16.6. The zero-order valence-corrected chi connectivity index (χ0v) is 15.7. The standard InChI is InChI=1S/C23H17NO6/c24-17-11-16-12-19(29-21(25)14-7-3-1-4-8-14)20(13-18(16)28-23(17)27)30-22(26)15-9-5-2-6-10-15/h1-10,12-13,17H,11,24H2. The number of benzene rings is 3. The van der Waals surface area contributed by atoms with Crippen LogP contribution in [-0.2, 0) is 11.2 Å². The van der Waals surface area contributed by atoms with E-state index in [0.29, 0.717) is 16.7 Å². The van der Waals surface area contributed by atoms with Crippen LogP contribution in [0.5, 0.6) is 17.2 Å². The van der Waals surface area contributed by atoms with Crippen LogP contribution in [0.3, 0.4) is 0 Å². The van der Waals surface area contributed by atoms with Crippen LogP contribution in [0.25, 0.3) is 0 Å². The summed E-state index contributed by atoms with van der Waals surface area (Å²) in [4.78, 5) is 36.9. The molecule has 1 unspecified atom stereocenters. The van der Waals surface area contributed by atoms with Gasteiger partial charge in [0.1, 0.15) is 11.8 Å². The van der Waals surface area contributed by atoms with Crippen LogP contribution in [-0.4, -0.2) is 23.9 Å². The van der Waals surface area contributed by atoms with Crippen LogP contribution in [0.15, 0.2) is 72.8 Å². The van der Waals surface area contributed by atoms with Crippen molar-refractivity contribution in [3.8, 4) is 17.2 Å². The number of rotatable bonds is 4. The number of hydrogen-bond donors (Lipinski definition) is 1. The molecule has 1 heterocycles. The zero-order valence-electron chi connectivity index (χ0n) is 15.7. The largest absolute Gasteiger partial charge is 0.425 e. The molecule has 3 aromatic rings. The van der Waals surface area contributed by atoms with Crippen molar-refractivity contribution in [2.45, 2.75) is 12.5 Å². The Morgan fingerprint density at radius 3 is 1.87 bits per heavy atom. The van der Waals surface area contributed by atoms with E-state index in [4.69, 9.17) is 19.9 Å². The molecule has 1 aliphatic heterocycles. The van der Waals surface area contributed by atoms with Gasteiger partial charge in [-0.1, -0.05) is 36.4 Å². The summed E-state index contributed by atoms with van der Waals surface area (Å²) in [6.07, 6.45) is 0.205. The van der Waals surface area contributed by atoms with Crippen LogP contribution < -0.4 is 19.9 Å². The number of ether oxygens (including phenoxy) is 3. The predicted molar refractivity (Wildman–Crippen MR) is 107 cm³/mol. The van der Waals surface area contributed by atoms with E-state index < -0.39 is 23.9 Å². The highest BCUT2D eigenvalue weighted by Gasteiger charge is 2.28. The van der Waals surface area contributed by atoms with Gasteiger partial charge in [0.25, 0.3) is 0 Å². The second-order valence-corrected chi connectivity index (χ2v) is 6.65. The Morgan fingerprint density at radius 1 is 0.833 bits per heavy atom. The molecule has 0 saturated carbocycles. The van der Waals surface area contributed by atoms with E-state index in [1.54, 1.807) is 60.7 Å². The molecule has 2 N–H and O–H groups in total. The van der Waals surface area contributed by atoms with Crippen molar-refractivity contribution in [3.05, 3.63) is 89.5 Å². The molecule has 3 aromatic carbocycles. The number of hydrogen-bond acceptors (Lipinski definition) is 7. The molecule has 0 aliphatic carbocycles. The van der Waals surface area contributed by atoms with Crippen LogP contribution in [0.2, 0.25) is 0 Å². The minimum atomic E-state index is -0.826. The molecular formula is C23H17NO6. The monoisotopic (exact) mass is 403 g/mol. The maximum Gasteiger partial charge on any atom is 0.343 e. The molecule has 7 heteroatoms. The lowest BCUT2D eigenvalue weighted by Crippen LogP contribution is -2.39. The summed E-state index contributed by atoms with van der Waals surface area (Å²) in [6, 6.07) is 18.8. The summed E-state index contributed by atoms with van der Waals surface area (Å²) in [6.45, 7) is 0. The SMILES string of the molecule is NC1Cc2cc(OC(=O)c3ccccc3)c(OC(=O)c3ccccc3)cc2OC1=O. The fourth-order valence-corrected chi connectivity index (χ4v) is 2.97. The lowest BCUT2D eigenvalue weighted by atomic mass is 10.0. The Balaban J connectivity index is 1.69. The average Bonchev–Trinajstić information content (AvgIpc) is 2.76. The van der Waals surface area contributed by atoms with Gasteiger partial charge in [-0.15, -0.1) is 0 Å². The summed E-state index contributed by atoms with van der Waals surface area (Å²) in [5.74, 6) is -1.67. The normalized spacial score (nSPS) is 15.0. The van der Waals surface area contributed by atoms with E-state index in [9.17, 15) is 14.4 Å². The molecule has 7 nitrogen and oxygen atoms in total. The number of carbonyl (C=O) groups is 3. The second-order valence-electron chi connectivity index (χ2n) is 6.65. The number of carbonyl (C=O) groups excluding carboxylic acids is 3. The molecule has 1 atom stereocenters. The van der Waals surface area contributed by atoms with Crippen LogP contribution >= 0.6 is 0 Å². The van der Waals surface area contributed by atoms with Gasteiger partial charge in [0.15, 0.2) is 11.5 Å². The molecule has 0 spiro atoms. The fraction of sp³-hybridized carbons (Fsp3) is 0.0870. The molecule has 1 aliphatic rings. The quantitative estimate of drug-likeness (QED) is 0.527. The van der Waals surface area contributed by atoms with Crippen LogP contribution in [0, 0.1) is 0 Å². The van der Waals surface area contributed by atoms with E-state index in [1.807, 2.05) is 0 Å². The van der Waals surface area contributed by atoms with Crippen molar-refractivity contribution in [3.63, 3.8) is 0 Å². The molecule has 150 valence electrons. The summed E-state index contributed by atoms with van der Waals surface area (Å²) >= 11 is 0. The molecule has 0 fully saturated rings. The molecule has 0 aromatic heterocycles. The van der Waals surface area contributed by atoms with Gasteiger partial charge in [-0.05, 0) is 30.3 Å². The molecule has 0 radical (unpaired) electrons. The molecule has 0 saturated heterocycles. The Bertz CT molecular complexity index is 1110. The topological polar surface area (TPSA) is 105 Å². The van der Waals surface area contributed by atoms with E-state index in [1.165, 1.54) is 12.1 Å². The van der Waals surface area contributed by atoms with Crippen molar-refractivity contribution in [2.75, 3.05) is 0 Å². The third-order valence-corrected chi connectivity index (χ3v) is 4.50. The Hall–Kier alpha value is -3.97. The fourth-order valence-electron chi connectivity index (χ4n) is 2.97. The number of fused-ring (bicyclic) bond motifs is 1. The Morgan fingerprint density at radius 2 is 1.33 bits per heavy atom. The first-order valence-corrected chi connectivity index (χ1v) is 9.20. The number of nitrogens with two attached hydrogens (primary N) is 1. The molecule has 4 rings (SSSR count). The summed E-state index contributed by atoms with van der Waals surface area (Å²) in [5, 5.41) is 0. The van der Waals surface area contributed by atoms with Crippen molar-refractivity contribution < 1.29 is 28.6 Å². The number of esters is 3. The maximum atomic E-state index is 12.5. The minimum Gasteiger partial charge on any atom is -0.425 e. The van der Waals surface area contributed by atoms with E-state index in [0.717, 1.165) is 0 Å². The molecular weight excluding hydrogens is 386 g/mol. The smallest absolute Gasteiger partial charge is 0.343 e. The van der Waals surface area contributed by atoms with Gasteiger partial charge in [-0.2, -0.15) is 0 Å². The van der Waals surface area contributed by atoms with Gasteiger partial charge in [0.2, 0.25) is 0 Å². The first kappa shape index (κ1) is 19.4. The van der Waals surface area contributed by atoms with Crippen LogP contribution in [0.1, 0.15) is 26.3 Å². The van der Waals surface area contributed by atoms with Crippen LogP contribution in [0.4, 0.5) is 0 Å². The van der Waals surface area contributed by atoms with Gasteiger partial charge in [0, 0.05) is 18.1 Å². The lowest BCUT2D eigenvalue weighted by Gasteiger charge is -2.22. The van der Waals surface area contributed by atoms with Gasteiger partial charge < -0.3 is 19.9 Å².